The van der Waals surface area contributed by atoms with Crippen LogP contribution in [0.15, 0.2) is 30.9 Å². The average molecular weight is 332 g/mol. The van der Waals surface area contributed by atoms with Crippen LogP contribution in [0.2, 0.25) is 10.0 Å². The molecule has 0 fully saturated rings. The highest BCUT2D eigenvalue weighted by Crippen LogP contribution is 2.35. The van der Waals surface area contributed by atoms with E-state index in [0.717, 1.165) is 0 Å². The highest BCUT2D eigenvalue weighted by Gasteiger charge is 2.42. The second kappa shape index (κ2) is 6.72. The lowest BCUT2D eigenvalue weighted by Crippen LogP contribution is -2.45. The van der Waals surface area contributed by atoms with Gasteiger partial charge in [0, 0.05) is 29.8 Å². The van der Waals surface area contributed by atoms with E-state index >= 15 is 0 Å². The standard InChI is InChI=1S/C13H15Cl2N3O3/c1-20-12(21-2)13(19,6-18-8-16-7-17-18)10-4-3-9(14)5-11(10)15/h3-5,7-8,12,19H,6H2,1-2H3. The Labute approximate surface area is 132 Å². The first kappa shape index (κ1) is 16.2. The number of benzene rings is 1. The van der Waals surface area contributed by atoms with Gasteiger partial charge in [-0.25, -0.2) is 9.67 Å². The lowest BCUT2D eigenvalue weighted by Gasteiger charge is -2.34. The highest BCUT2D eigenvalue weighted by molar-refractivity contribution is 6.35. The third-order valence-corrected chi connectivity index (χ3v) is 3.63. The van der Waals surface area contributed by atoms with Crippen LogP contribution < -0.4 is 0 Å². The molecule has 6 nitrogen and oxygen atoms in total. The van der Waals surface area contributed by atoms with Gasteiger partial charge < -0.3 is 14.6 Å². The molecule has 2 aromatic rings. The Morgan fingerprint density at radius 2 is 2.05 bits per heavy atom. The summed E-state index contributed by atoms with van der Waals surface area (Å²) in [4.78, 5) is 3.85. The van der Waals surface area contributed by atoms with Crippen molar-refractivity contribution in [3.05, 3.63) is 46.5 Å². The molecule has 1 aromatic carbocycles. The van der Waals surface area contributed by atoms with Crippen LogP contribution in [0.5, 0.6) is 0 Å². The predicted molar refractivity (Wildman–Crippen MR) is 78.2 cm³/mol. The molecule has 1 atom stereocenters. The molecular formula is C13H15Cl2N3O3. The SMILES string of the molecule is COC(OC)C(O)(Cn1cncn1)c1ccc(Cl)cc1Cl. The molecule has 0 aliphatic carbocycles. The van der Waals surface area contributed by atoms with Crippen molar-refractivity contribution >= 4 is 23.2 Å². The first-order valence-electron chi connectivity index (χ1n) is 6.07. The largest absolute Gasteiger partial charge is 0.378 e. The van der Waals surface area contributed by atoms with Gasteiger partial charge in [0.1, 0.15) is 12.7 Å². The topological polar surface area (TPSA) is 69.4 Å². The van der Waals surface area contributed by atoms with Gasteiger partial charge in [-0.15, -0.1) is 0 Å². The number of aromatic nitrogens is 3. The summed E-state index contributed by atoms with van der Waals surface area (Å²) >= 11 is 12.1. The van der Waals surface area contributed by atoms with Gasteiger partial charge in [0.15, 0.2) is 11.9 Å². The number of methoxy groups -OCH3 is 2. The second-order valence-corrected chi connectivity index (χ2v) is 5.29. The molecule has 114 valence electrons. The van der Waals surface area contributed by atoms with Gasteiger partial charge in [-0.1, -0.05) is 29.3 Å². The minimum Gasteiger partial charge on any atom is -0.378 e. The maximum atomic E-state index is 11.1. The van der Waals surface area contributed by atoms with Gasteiger partial charge in [-0.05, 0) is 12.1 Å². The molecule has 0 aliphatic rings. The third kappa shape index (κ3) is 3.36. The first-order chi connectivity index (χ1) is 10.0. The summed E-state index contributed by atoms with van der Waals surface area (Å²) in [7, 11) is 2.87. The van der Waals surface area contributed by atoms with Crippen LogP contribution in [0, 0.1) is 0 Å². The fourth-order valence-electron chi connectivity index (χ4n) is 2.17. The van der Waals surface area contributed by atoms with Gasteiger partial charge in [0.2, 0.25) is 0 Å². The van der Waals surface area contributed by atoms with E-state index in [-0.39, 0.29) is 6.54 Å². The Morgan fingerprint density at radius 1 is 1.33 bits per heavy atom. The Kier molecular flexibility index (Phi) is 5.18. The minimum atomic E-state index is -1.56. The van der Waals surface area contributed by atoms with Crippen molar-refractivity contribution in [2.24, 2.45) is 0 Å². The average Bonchev–Trinajstić information content (AvgIpc) is 2.92. The van der Waals surface area contributed by atoms with Crippen LogP contribution in [0.1, 0.15) is 5.56 Å². The maximum absolute atomic E-state index is 11.1. The molecule has 0 bridgehead atoms. The zero-order valence-corrected chi connectivity index (χ0v) is 13.0. The molecule has 1 aromatic heterocycles. The lowest BCUT2D eigenvalue weighted by atomic mass is 9.92. The summed E-state index contributed by atoms with van der Waals surface area (Å²) in [5, 5.41) is 15.9. The van der Waals surface area contributed by atoms with Crippen LogP contribution in [0.25, 0.3) is 0 Å². The van der Waals surface area contributed by atoms with Gasteiger partial charge in [0.25, 0.3) is 0 Å². The van der Waals surface area contributed by atoms with Crippen molar-refractivity contribution in [1.29, 1.82) is 0 Å². The highest BCUT2D eigenvalue weighted by atomic mass is 35.5. The molecule has 0 amide bonds. The first-order valence-corrected chi connectivity index (χ1v) is 6.82. The Hall–Kier alpha value is -1.18. The Morgan fingerprint density at radius 3 is 2.57 bits per heavy atom. The van der Waals surface area contributed by atoms with E-state index in [0.29, 0.717) is 15.6 Å². The van der Waals surface area contributed by atoms with Gasteiger partial charge in [0.05, 0.1) is 6.54 Å². The second-order valence-electron chi connectivity index (χ2n) is 4.44. The summed E-state index contributed by atoms with van der Waals surface area (Å²) in [5.41, 5.74) is -1.13. The summed E-state index contributed by atoms with van der Waals surface area (Å²) in [6.07, 6.45) is 1.91. The number of aliphatic hydroxyl groups is 1. The molecule has 21 heavy (non-hydrogen) atoms. The van der Waals surface area contributed by atoms with Crippen molar-refractivity contribution in [2.75, 3.05) is 14.2 Å². The zero-order chi connectivity index (χ0) is 15.5. The van der Waals surface area contributed by atoms with Crippen molar-refractivity contribution in [3.8, 4) is 0 Å². The van der Waals surface area contributed by atoms with E-state index < -0.39 is 11.9 Å². The van der Waals surface area contributed by atoms with E-state index in [9.17, 15) is 5.11 Å². The fraction of sp³-hybridized carbons (Fsp3) is 0.385. The Balaban J connectivity index is 2.48. The molecule has 0 aliphatic heterocycles. The molecule has 0 saturated heterocycles. The smallest absolute Gasteiger partial charge is 0.191 e. The van der Waals surface area contributed by atoms with Crippen molar-refractivity contribution in [2.45, 2.75) is 18.4 Å². The molecule has 1 heterocycles. The minimum absolute atomic E-state index is 0.0562. The molecule has 2 rings (SSSR count). The molecule has 0 radical (unpaired) electrons. The third-order valence-electron chi connectivity index (χ3n) is 3.09. The quantitative estimate of drug-likeness (QED) is 0.821. The zero-order valence-electron chi connectivity index (χ0n) is 11.5. The molecule has 0 spiro atoms. The van der Waals surface area contributed by atoms with Gasteiger partial charge >= 0.3 is 0 Å². The number of halogens is 2. The summed E-state index contributed by atoms with van der Waals surface area (Å²) < 4.78 is 11.9. The number of ether oxygens (including phenoxy) is 2. The monoisotopic (exact) mass is 331 g/mol. The normalized spacial score (nSPS) is 14.4. The predicted octanol–water partition coefficient (Wildman–Crippen LogP) is 2.09. The van der Waals surface area contributed by atoms with Gasteiger partial charge in [-0.2, -0.15) is 5.10 Å². The molecular weight excluding hydrogens is 317 g/mol. The number of hydrogen-bond donors (Lipinski definition) is 1. The number of rotatable bonds is 6. The molecule has 0 saturated carbocycles. The van der Waals surface area contributed by atoms with E-state index in [1.165, 1.54) is 31.6 Å². The number of hydrogen-bond acceptors (Lipinski definition) is 5. The van der Waals surface area contributed by atoms with Crippen molar-refractivity contribution < 1.29 is 14.6 Å². The molecule has 8 heteroatoms. The van der Waals surface area contributed by atoms with Crippen LogP contribution in [0.3, 0.4) is 0 Å². The Bertz CT molecular complexity index is 590. The van der Waals surface area contributed by atoms with E-state index in [2.05, 4.69) is 10.1 Å². The van der Waals surface area contributed by atoms with E-state index in [1.54, 1.807) is 18.2 Å². The summed E-state index contributed by atoms with van der Waals surface area (Å²) in [6, 6.07) is 4.82. The van der Waals surface area contributed by atoms with E-state index in [4.69, 9.17) is 32.7 Å². The lowest BCUT2D eigenvalue weighted by molar-refractivity contribution is -0.226. The van der Waals surface area contributed by atoms with Crippen LogP contribution >= 0.6 is 23.2 Å². The van der Waals surface area contributed by atoms with Crippen LogP contribution in [-0.2, 0) is 21.6 Å². The fourth-order valence-corrected chi connectivity index (χ4v) is 2.75. The van der Waals surface area contributed by atoms with Crippen molar-refractivity contribution in [3.63, 3.8) is 0 Å². The molecule has 1 N–H and O–H groups in total. The van der Waals surface area contributed by atoms with Crippen LogP contribution in [-0.4, -0.2) is 40.4 Å². The number of nitrogens with zero attached hydrogens (tertiary/aromatic N) is 3. The van der Waals surface area contributed by atoms with Crippen molar-refractivity contribution in [1.82, 2.24) is 14.8 Å². The summed E-state index contributed by atoms with van der Waals surface area (Å²) in [6.45, 7) is 0.0562. The molecule has 1 unspecified atom stereocenters. The van der Waals surface area contributed by atoms with E-state index in [1.807, 2.05) is 0 Å². The summed E-state index contributed by atoms with van der Waals surface area (Å²) in [5.74, 6) is 0. The maximum Gasteiger partial charge on any atom is 0.191 e. The van der Waals surface area contributed by atoms with Gasteiger partial charge in [-0.3, -0.25) is 0 Å². The van der Waals surface area contributed by atoms with Crippen LogP contribution in [0.4, 0.5) is 0 Å².